The number of hydrogen-bond donors (Lipinski definition) is 2. The molecular formula is C9H12O6. The van der Waals surface area contributed by atoms with E-state index in [1.807, 2.05) is 0 Å². The largest absolute Gasteiger partial charge is 0.390 e. The van der Waals surface area contributed by atoms with Crippen molar-refractivity contribution < 1.29 is 29.3 Å². The SMILES string of the molecule is C=CCOC(O)(CO)C(=O)OC(=O)C=C. The molecule has 2 N–H and O–H groups in total. The average molecular weight is 216 g/mol. The molecule has 0 aliphatic carbocycles. The highest BCUT2D eigenvalue weighted by molar-refractivity contribution is 5.94. The summed E-state index contributed by atoms with van der Waals surface area (Å²) in [7, 11) is 0. The van der Waals surface area contributed by atoms with Crippen molar-refractivity contribution >= 4 is 11.9 Å². The second-order valence-corrected chi connectivity index (χ2v) is 2.45. The lowest BCUT2D eigenvalue weighted by Crippen LogP contribution is -2.47. The van der Waals surface area contributed by atoms with Crippen LogP contribution in [0.25, 0.3) is 0 Å². The van der Waals surface area contributed by atoms with Crippen molar-refractivity contribution in [3.8, 4) is 0 Å². The Hall–Kier alpha value is -1.50. The molecule has 0 fully saturated rings. The van der Waals surface area contributed by atoms with Crippen LogP contribution in [0.3, 0.4) is 0 Å². The number of aliphatic hydroxyl groups excluding tert-OH is 1. The van der Waals surface area contributed by atoms with Gasteiger partial charge in [-0.2, -0.15) is 0 Å². The van der Waals surface area contributed by atoms with E-state index in [1.165, 1.54) is 6.08 Å². The summed E-state index contributed by atoms with van der Waals surface area (Å²) >= 11 is 0. The van der Waals surface area contributed by atoms with Gasteiger partial charge in [0.15, 0.2) is 0 Å². The Morgan fingerprint density at radius 1 is 1.40 bits per heavy atom. The van der Waals surface area contributed by atoms with Crippen molar-refractivity contribution in [2.75, 3.05) is 13.2 Å². The Balaban J connectivity index is 4.49. The maximum Gasteiger partial charge on any atom is 0.377 e. The number of hydrogen-bond acceptors (Lipinski definition) is 6. The van der Waals surface area contributed by atoms with E-state index in [1.54, 1.807) is 0 Å². The minimum absolute atomic E-state index is 0.186. The highest BCUT2D eigenvalue weighted by Gasteiger charge is 2.39. The molecular weight excluding hydrogens is 204 g/mol. The van der Waals surface area contributed by atoms with Gasteiger partial charge in [0.1, 0.15) is 6.61 Å². The van der Waals surface area contributed by atoms with Crippen molar-refractivity contribution in [2.45, 2.75) is 5.79 Å². The number of carbonyl (C=O) groups is 2. The van der Waals surface area contributed by atoms with Crippen molar-refractivity contribution in [3.63, 3.8) is 0 Å². The molecule has 0 saturated carbocycles. The summed E-state index contributed by atoms with van der Waals surface area (Å²) in [5.41, 5.74) is 0. The number of ether oxygens (including phenoxy) is 2. The van der Waals surface area contributed by atoms with Crippen LogP contribution >= 0.6 is 0 Å². The van der Waals surface area contributed by atoms with Gasteiger partial charge in [-0.1, -0.05) is 12.7 Å². The molecule has 0 aromatic carbocycles. The van der Waals surface area contributed by atoms with Crippen LogP contribution in [0, 0.1) is 0 Å². The van der Waals surface area contributed by atoms with Gasteiger partial charge in [-0.15, -0.1) is 6.58 Å². The molecule has 0 rings (SSSR count). The van der Waals surface area contributed by atoms with E-state index in [-0.39, 0.29) is 6.61 Å². The zero-order valence-electron chi connectivity index (χ0n) is 8.01. The van der Waals surface area contributed by atoms with Crippen LogP contribution in [0.1, 0.15) is 0 Å². The molecule has 0 aliphatic heterocycles. The second kappa shape index (κ2) is 6.07. The van der Waals surface area contributed by atoms with Gasteiger partial charge in [0.2, 0.25) is 0 Å². The summed E-state index contributed by atoms with van der Waals surface area (Å²) in [4.78, 5) is 21.7. The molecule has 0 saturated heterocycles. The average Bonchev–Trinajstić information content (AvgIpc) is 2.25. The molecule has 0 amide bonds. The first-order valence-corrected chi connectivity index (χ1v) is 3.97. The van der Waals surface area contributed by atoms with Crippen LogP contribution in [0.4, 0.5) is 0 Å². The van der Waals surface area contributed by atoms with E-state index in [0.29, 0.717) is 0 Å². The second-order valence-electron chi connectivity index (χ2n) is 2.45. The molecule has 0 spiro atoms. The fourth-order valence-electron chi connectivity index (χ4n) is 0.579. The number of esters is 2. The quantitative estimate of drug-likeness (QED) is 0.197. The van der Waals surface area contributed by atoms with Crippen LogP contribution < -0.4 is 0 Å². The Morgan fingerprint density at radius 3 is 2.40 bits per heavy atom. The molecule has 6 nitrogen and oxygen atoms in total. The summed E-state index contributed by atoms with van der Waals surface area (Å²) in [6, 6.07) is 0. The monoisotopic (exact) mass is 216 g/mol. The first-order valence-electron chi connectivity index (χ1n) is 3.97. The molecule has 0 aliphatic rings. The van der Waals surface area contributed by atoms with Gasteiger partial charge >= 0.3 is 11.9 Å². The Labute approximate surface area is 86.4 Å². The van der Waals surface area contributed by atoms with Crippen LogP contribution in [-0.4, -0.2) is 41.2 Å². The zero-order chi connectivity index (χ0) is 11.9. The van der Waals surface area contributed by atoms with E-state index >= 15 is 0 Å². The van der Waals surface area contributed by atoms with E-state index in [2.05, 4.69) is 22.6 Å². The van der Waals surface area contributed by atoms with E-state index < -0.39 is 24.3 Å². The number of carbonyl (C=O) groups excluding carboxylic acids is 2. The minimum Gasteiger partial charge on any atom is -0.390 e. The highest BCUT2D eigenvalue weighted by Crippen LogP contribution is 2.09. The fraction of sp³-hybridized carbons (Fsp3) is 0.333. The first kappa shape index (κ1) is 13.5. The van der Waals surface area contributed by atoms with Crippen molar-refractivity contribution in [1.29, 1.82) is 0 Å². The summed E-state index contributed by atoms with van der Waals surface area (Å²) in [6.45, 7) is 5.11. The van der Waals surface area contributed by atoms with Gasteiger partial charge in [0.25, 0.3) is 5.79 Å². The molecule has 0 radical (unpaired) electrons. The molecule has 84 valence electrons. The summed E-state index contributed by atoms with van der Waals surface area (Å²) in [5, 5.41) is 18.1. The molecule has 1 unspecified atom stereocenters. The van der Waals surface area contributed by atoms with Crippen LogP contribution in [-0.2, 0) is 19.1 Å². The van der Waals surface area contributed by atoms with Crippen LogP contribution in [0.5, 0.6) is 0 Å². The topological polar surface area (TPSA) is 93.1 Å². The lowest BCUT2D eigenvalue weighted by Gasteiger charge is -2.21. The zero-order valence-corrected chi connectivity index (χ0v) is 8.01. The highest BCUT2D eigenvalue weighted by atomic mass is 16.7. The van der Waals surface area contributed by atoms with E-state index in [0.717, 1.165) is 6.08 Å². The Bertz CT molecular complexity index is 272. The van der Waals surface area contributed by atoms with Crippen molar-refractivity contribution in [1.82, 2.24) is 0 Å². The predicted octanol–water partition coefficient (Wildman–Crippen LogP) is -0.874. The van der Waals surface area contributed by atoms with Crippen molar-refractivity contribution in [3.05, 3.63) is 25.3 Å². The predicted molar refractivity (Wildman–Crippen MR) is 49.5 cm³/mol. The summed E-state index contributed by atoms with van der Waals surface area (Å²) in [5.74, 6) is -5.02. The fourth-order valence-corrected chi connectivity index (χ4v) is 0.579. The lowest BCUT2D eigenvalue weighted by atomic mass is 10.3. The van der Waals surface area contributed by atoms with Gasteiger partial charge in [-0.3, -0.25) is 0 Å². The molecule has 6 heteroatoms. The summed E-state index contributed by atoms with van der Waals surface area (Å²) < 4.78 is 8.65. The molecule has 15 heavy (non-hydrogen) atoms. The van der Waals surface area contributed by atoms with Gasteiger partial charge < -0.3 is 19.7 Å². The van der Waals surface area contributed by atoms with Crippen LogP contribution in [0.2, 0.25) is 0 Å². The first-order chi connectivity index (χ1) is 7.00. The lowest BCUT2D eigenvalue weighted by molar-refractivity contribution is -0.234. The Morgan fingerprint density at radius 2 is 2.00 bits per heavy atom. The van der Waals surface area contributed by atoms with Crippen LogP contribution in [0.15, 0.2) is 25.3 Å². The summed E-state index contributed by atoms with van der Waals surface area (Å²) in [6.07, 6.45) is 1.99. The maximum atomic E-state index is 11.1. The smallest absolute Gasteiger partial charge is 0.377 e. The molecule has 0 bridgehead atoms. The normalized spacial score (nSPS) is 13.7. The molecule has 1 atom stereocenters. The van der Waals surface area contributed by atoms with Gasteiger partial charge in [0.05, 0.1) is 6.61 Å². The standard InChI is InChI=1S/C9H12O6/c1-3-5-14-9(13,6-10)8(12)15-7(11)4-2/h3-4,10,13H,1-2,5-6H2. The van der Waals surface area contributed by atoms with E-state index in [4.69, 9.17) is 5.11 Å². The van der Waals surface area contributed by atoms with Gasteiger partial charge in [0, 0.05) is 6.08 Å². The third kappa shape index (κ3) is 4.03. The third-order valence-corrected chi connectivity index (χ3v) is 1.33. The minimum atomic E-state index is -2.56. The number of aliphatic hydroxyl groups is 2. The van der Waals surface area contributed by atoms with Crippen molar-refractivity contribution in [2.24, 2.45) is 0 Å². The van der Waals surface area contributed by atoms with Gasteiger partial charge in [-0.05, 0) is 0 Å². The third-order valence-electron chi connectivity index (χ3n) is 1.33. The molecule has 0 aromatic rings. The van der Waals surface area contributed by atoms with E-state index in [9.17, 15) is 14.7 Å². The Kier molecular flexibility index (Phi) is 5.46. The van der Waals surface area contributed by atoms with Gasteiger partial charge in [-0.25, -0.2) is 9.59 Å². The number of rotatable bonds is 6. The molecule has 0 heterocycles. The maximum absolute atomic E-state index is 11.1. The molecule has 0 aromatic heterocycles.